The molecule has 1 heterocycles. The van der Waals surface area contributed by atoms with E-state index in [1.807, 2.05) is 48.5 Å². The number of rotatable bonds is 8. The summed E-state index contributed by atoms with van der Waals surface area (Å²) >= 11 is 0. The molecule has 4 rings (SSSR count). The summed E-state index contributed by atoms with van der Waals surface area (Å²) in [6.45, 7) is -0.530. The van der Waals surface area contributed by atoms with Gasteiger partial charge in [-0.2, -0.15) is 0 Å². The predicted octanol–water partition coefficient (Wildman–Crippen LogP) is 1.89. The molecule has 1 aliphatic carbocycles. The van der Waals surface area contributed by atoms with Crippen LogP contribution in [0.4, 0.5) is 4.79 Å². The quantitative estimate of drug-likeness (QED) is 0.405. The minimum absolute atomic E-state index is 0.0609. The third kappa shape index (κ3) is 4.70. The van der Waals surface area contributed by atoms with Crippen molar-refractivity contribution in [1.29, 1.82) is 0 Å². The molecule has 10 heteroatoms. The third-order valence-corrected chi connectivity index (χ3v) is 5.33. The first kappa shape index (κ1) is 22.0. The van der Waals surface area contributed by atoms with Gasteiger partial charge in [0.25, 0.3) is 5.91 Å². The van der Waals surface area contributed by atoms with Gasteiger partial charge in [0.15, 0.2) is 24.0 Å². The van der Waals surface area contributed by atoms with E-state index in [1.165, 1.54) is 0 Å². The number of carboxylic acid groups (broad SMARTS) is 1. The van der Waals surface area contributed by atoms with Gasteiger partial charge in [-0.05, 0) is 22.3 Å². The van der Waals surface area contributed by atoms with Crippen LogP contribution in [-0.4, -0.2) is 52.4 Å². The molecular formula is C23H21N3O7. The number of nitrogens with zero attached hydrogens (tertiary/aromatic N) is 1. The molecule has 4 N–H and O–H groups in total. The molecule has 0 spiro atoms. The highest BCUT2D eigenvalue weighted by atomic mass is 16.5. The first-order valence-electron chi connectivity index (χ1n) is 10.2. The second kappa shape index (κ2) is 9.53. The standard InChI is InChI=1S/C23H21N3O7/c27-18(22(29)30)9-24-21(28)20-19(33-12-26-20)10-25-23(31)32-11-17-15-7-3-1-5-13(15)14-6-2-4-8-16(14)17/h1-8,12,17-18,27H,9-11H2,(H,24,28)(H,25,31)(H,29,30)/t18-/m0/s1. The highest BCUT2D eigenvalue weighted by Gasteiger charge is 2.29. The molecule has 0 aliphatic heterocycles. The zero-order valence-corrected chi connectivity index (χ0v) is 17.4. The van der Waals surface area contributed by atoms with Crippen LogP contribution in [0.15, 0.2) is 59.3 Å². The van der Waals surface area contributed by atoms with Crippen molar-refractivity contribution in [1.82, 2.24) is 15.6 Å². The van der Waals surface area contributed by atoms with Gasteiger partial charge in [0.2, 0.25) is 0 Å². The van der Waals surface area contributed by atoms with Crippen molar-refractivity contribution in [3.63, 3.8) is 0 Å². The monoisotopic (exact) mass is 451 g/mol. The molecule has 0 saturated carbocycles. The molecule has 0 unspecified atom stereocenters. The summed E-state index contributed by atoms with van der Waals surface area (Å²) in [4.78, 5) is 38.9. The van der Waals surface area contributed by atoms with Crippen molar-refractivity contribution in [2.24, 2.45) is 0 Å². The second-order valence-corrected chi connectivity index (χ2v) is 7.37. The smallest absolute Gasteiger partial charge is 0.407 e. The van der Waals surface area contributed by atoms with Gasteiger partial charge in [-0.3, -0.25) is 4.79 Å². The minimum Gasteiger partial charge on any atom is -0.479 e. The maximum Gasteiger partial charge on any atom is 0.407 e. The highest BCUT2D eigenvalue weighted by Crippen LogP contribution is 2.44. The molecule has 1 aromatic heterocycles. The number of amides is 2. The van der Waals surface area contributed by atoms with Crippen molar-refractivity contribution >= 4 is 18.0 Å². The van der Waals surface area contributed by atoms with Crippen molar-refractivity contribution in [2.75, 3.05) is 13.2 Å². The summed E-state index contributed by atoms with van der Waals surface area (Å²) in [6, 6.07) is 16.0. The zero-order chi connectivity index (χ0) is 23.4. The van der Waals surface area contributed by atoms with Crippen LogP contribution in [0.2, 0.25) is 0 Å². The van der Waals surface area contributed by atoms with Gasteiger partial charge in [-0.1, -0.05) is 48.5 Å². The number of carbonyl (C=O) groups is 3. The molecular weight excluding hydrogens is 430 g/mol. The fourth-order valence-corrected chi connectivity index (χ4v) is 3.74. The third-order valence-electron chi connectivity index (χ3n) is 5.33. The van der Waals surface area contributed by atoms with E-state index in [1.54, 1.807) is 0 Å². The summed E-state index contributed by atoms with van der Waals surface area (Å²) in [5.74, 6) is -2.23. The Kier molecular flexibility index (Phi) is 6.36. The number of hydrogen-bond acceptors (Lipinski definition) is 7. The fourth-order valence-electron chi connectivity index (χ4n) is 3.74. The van der Waals surface area contributed by atoms with E-state index >= 15 is 0 Å². The Bertz CT molecular complexity index is 1140. The van der Waals surface area contributed by atoms with Crippen molar-refractivity contribution in [3.8, 4) is 11.1 Å². The molecule has 0 radical (unpaired) electrons. The van der Waals surface area contributed by atoms with E-state index in [-0.39, 0.29) is 30.5 Å². The predicted molar refractivity (Wildman–Crippen MR) is 114 cm³/mol. The number of hydrogen-bond donors (Lipinski definition) is 4. The average molecular weight is 451 g/mol. The van der Waals surface area contributed by atoms with Crippen LogP contribution in [0.25, 0.3) is 11.1 Å². The van der Waals surface area contributed by atoms with Gasteiger partial charge in [0.1, 0.15) is 6.61 Å². The van der Waals surface area contributed by atoms with Gasteiger partial charge >= 0.3 is 12.1 Å². The van der Waals surface area contributed by atoms with Gasteiger partial charge in [0, 0.05) is 5.92 Å². The summed E-state index contributed by atoms with van der Waals surface area (Å²) in [5, 5.41) is 22.7. The van der Waals surface area contributed by atoms with E-state index in [9.17, 15) is 19.5 Å². The van der Waals surface area contributed by atoms with Crippen molar-refractivity contribution in [2.45, 2.75) is 18.6 Å². The summed E-state index contributed by atoms with van der Waals surface area (Å²) in [6.07, 6.45) is -1.42. The maximum atomic E-state index is 12.3. The number of carbonyl (C=O) groups excluding carboxylic acids is 2. The van der Waals surface area contributed by atoms with Crippen molar-refractivity contribution < 1.29 is 33.8 Å². The van der Waals surface area contributed by atoms with Crippen LogP contribution in [0, 0.1) is 0 Å². The largest absolute Gasteiger partial charge is 0.479 e. The molecule has 0 saturated heterocycles. The number of fused-ring (bicyclic) bond motifs is 3. The normalized spacial score (nSPS) is 13.0. The number of nitrogens with one attached hydrogen (secondary N) is 2. The number of carboxylic acids is 1. The highest BCUT2D eigenvalue weighted by molar-refractivity contribution is 5.93. The molecule has 2 aromatic carbocycles. The SMILES string of the molecule is O=C(NCc1ocnc1C(=O)NC[C@H](O)C(=O)O)OCC1c2ccccc2-c2ccccc21. The number of aromatic nitrogens is 1. The van der Waals surface area contributed by atoms with Gasteiger partial charge < -0.3 is 30.0 Å². The van der Waals surface area contributed by atoms with Crippen LogP contribution in [-0.2, 0) is 16.1 Å². The van der Waals surface area contributed by atoms with Crippen LogP contribution >= 0.6 is 0 Å². The number of aliphatic hydroxyl groups is 1. The van der Waals surface area contributed by atoms with Crippen molar-refractivity contribution in [3.05, 3.63) is 77.5 Å². The summed E-state index contributed by atoms with van der Waals surface area (Å²) in [7, 11) is 0. The Balaban J connectivity index is 1.33. The number of aliphatic hydroxyl groups excluding tert-OH is 1. The van der Waals surface area contributed by atoms with Crippen LogP contribution in [0.3, 0.4) is 0 Å². The second-order valence-electron chi connectivity index (χ2n) is 7.37. The fraction of sp³-hybridized carbons (Fsp3) is 0.217. The number of ether oxygens (including phenoxy) is 1. The Hall–Kier alpha value is -4.18. The number of benzene rings is 2. The van der Waals surface area contributed by atoms with Gasteiger partial charge in [-0.25, -0.2) is 14.6 Å². The maximum absolute atomic E-state index is 12.3. The lowest BCUT2D eigenvalue weighted by molar-refractivity contribution is -0.146. The van der Waals surface area contributed by atoms with Crippen LogP contribution in [0.1, 0.15) is 33.3 Å². The van der Waals surface area contributed by atoms with E-state index < -0.39 is 30.6 Å². The Morgan fingerprint density at radius 1 is 1.03 bits per heavy atom. The lowest BCUT2D eigenvalue weighted by atomic mass is 9.98. The Morgan fingerprint density at radius 3 is 2.30 bits per heavy atom. The summed E-state index contributed by atoms with van der Waals surface area (Å²) in [5.41, 5.74) is 4.28. The molecule has 0 fully saturated rings. The number of alkyl carbamates (subject to hydrolysis) is 1. The molecule has 33 heavy (non-hydrogen) atoms. The average Bonchev–Trinajstić information content (AvgIpc) is 3.42. The minimum atomic E-state index is -1.75. The van der Waals surface area contributed by atoms with Gasteiger partial charge in [-0.15, -0.1) is 0 Å². The Labute approximate surface area is 188 Å². The molecule has 1 atom stereocenters. The zero-order valence-electron chi connectivity index (χ0n) is 17.4. The van der Waals surface area contributed by atoms with E-state index in [2.05, 4.69) is 15.6 Å². The van der Waals surface area contributed by atoms with Gasteiger partial charge in [0.05, 0.1) is 13.1 Å². The Morgan fingerprint density at radius 2 is 1.67 bits per heavy atom. The molecule has 2 amide bonds. The topological polar surface area (TPSA) is 151 Å². The van der Waals surface area contributed by atoms with Crippen LogP contribution in [0.5, 0.6) is 0 Å². The summed E-state index contributed by atoms with van der Waals surface area (Å²) < 4.78 is 10.6. The van der Waals surface area contributed by atoms with E-state index in [0.717, 1.165) is 28.6 Å². The lowest BCUT2D eigenvalue weighted by Crippen LogP contribution is -2.37. The lowest BCUT2D eigenvalue weighted by Gasteiger charge is -2.14. The first-order valence-corrected chi connectivity index (χ1v) is 10.2. The molecule has 1 aliphatic rings. The number of oxazole rings is 1. The molecule has 3 aromatic rings. The first-order chi connectivity index (χ1) is 16.0. The van der Waals surface area contributed by atoms with E-state index in [4.69, 9.17) is 14.3 Å². The molecule has 170 valence electrons. The van der Waals surface area contributed by atoms with Crippen LogP contribution < -0.4 is 10.6 Å². The molecule has 10 nitrogen and oxygen atoms in total. The van der Waals surface area contributed by atoms with E-state index in [0.29, 0.717) is 0 Å². The molecule has 0 bridgehead atoms. The number of aliphatic carboxylic acids is 1.